The molecule has 0 saturated heterocycles. The number of aromatic nitrogens is 1. The first kappa shape index (κ1) is 27.3. The van der Waals surface area contributed by atoms with Crippen LogP contribution in [-0.4, -0.2) is 35.5 Å². The summed E-state index contributed by atoms with van der Waals surface area (Å²) < 4.78 is 11.5. The quantitative estimate of drug-likeness (QED) is 0.232. The van der Waals surface area contributed by atoms with E-state index in [4.69, 9.17) is 21.1 Å². The number of fused-ring (bicyclic) bond motifs is 2. The minimum Gasteiger partial charge on any atom is -0.462 e. The van der Waals surface area contributed by atoms with Crippen LogP contribution >= 0.6 is 34.3 Å². The van der Waals surface area contributed by atoms with Crippen LogP contribution in [0.1, 0.15) is 58.3 Å². The average molecular weight is 583 g/mol. The number of carbonyl (C=O) groups excluding carboxylic acids is 3. The van der Waals surface area contributed by atoms with Crippen LogP contribution in [0.2, 0.25) is 4.34 Å². The van der Waals surface area contributed by atoms with Crippen molar-refractivity contribution in [1.82, 2.24) is 4.98 Å². The van der Waals surface area contributed by atoms with Gasteiger partial charge < -0.3 is 14.8 Å². The number of carbonyl (C=O) groups is 3. The SMILES string of the molecule is CCOC(=O)c1c(NC(=O)[C@@H](C)OC(=O)c2cc(-c3ccc(Cl)s3)nc3ccccc23)sc2c1CC[C@@H](C)C2. The molecule has 1 N–H and O–H groups in total. The number of para-hydroxylation sites is 1. The summed E-state index contributed by atoms with van der Waals surface area (Å²) in [5.41, 5.74) is 2.87. The Bertz CT molecular complexity index is 1580. The lowest BCUT2D eigenvalue weighted by Gasteiger charge is -2.18. The number of rotatable bonds is 7. The van der Waals surface area contributed by atoms with Crippen molar-refractivity contribution in [2.45, 2.75) is 46.1 Å². The van der Waals surface area contributed by atoms with Crippen LogP contribution < -0.4 is 5.32 Å². The Hall–Kier alpha value is -3.27. The number of nitrogens with zero attached hydrogens (tertiary/aromatic N) is 1. The summed E-state index contributed by atoms with van der Waals surface area (Å²) in [5.74, 6) is -1.12. The fourth-order valence-electron chi connectivity index (χ4n) is 4.67. The van der Waals surface area contributed by atoms with Gasteiger partial charge in [-0.15, -0.1) is 22.7 Å². The van der Waals surface area contributed by atoms with E-state index in [0.29, 0.717) is 43.0 Å². The predicted molar refractivity (Wildman–Crippen MR) is 155 cm³/mol. The summed E-state index contributed by atoms with van der Waals surface area (Å²) in [7, 11) is 0. The van der Waals surface area contributed by atoms with E-state index in [1.54, 1.807) is 25.1 Å². The monoisotopic (exact) mass is 582 g/mol. The second kappa shape index (κ2) is 11.5. The molecule has 10 heteroatoms. The molecule has 1 amide bonds. The van der Waals surface area contributed by atoms with Gasteiger partial charge in [0.25, 0.3) is 5.91 Å². The zero-order chi connectivity index (χ0) is 27.7. The summed E-state index contributed by atoms with van der Waals surface area (Å²) in [5, 5.41) is 3.89. The van der Waals surface area contributed by atoms with E-state index in [1.165, 1.54) is 29.6 Å². The number of benzene rings is 1. The number of hydrogen-bond acceptors (Lipinski definition) is 8. The van der Waals surface area contributed by atoms with Gasteiger partial charge in [-0.2, -0.15) is 0 Å². The Labute approximate surface area is 239 Å². The van der Waals surface area contributed by atoms with Gasteiger partial charge >= 0.3 is 11.9 Å². The molecular weight excluding hydrogens is 556 g/mol. The van der Waals surface area contributed by atoms with Crippen molar-refractivity contribution in [1.29, 1.82) is 0 Å². The van der Waals surface area contributed by atoms with Crippen molar-refractivity contribution >= 4 is 68.0 Å². The maximum atomic E-state index is 13.3. The van der Waals surface area contributed by atoms with Gasteiger partial charge in [0.2, 0.25) is 0 Å². The first-order valence-electron chi connectivity index (χ1n) is 12.7. The van der Waals surface area contributed by atoms with Gasteiger partial charge in [-0.25, -0.2) is 14.6 Å². The molecule has 2 atom stereocenters. The lowest BCUT2D eigenvalue weighted by Crippen LogP contribution is -2.30. The van der Waals surface area contributed by atoms with E-state index in [0.717, 1.165) is 34.6 Å². The van der Waals surface area contributed by atoms with E-state index in [1.807, 2.05) is 24.3 Å². The number of anilines is 1. The second-order valence-corrected chi connectivity index (χ2v) is 12.3. The van der Waals surface area contributed by atoms with Crippen molar-refractivity contribution in [3.8, 4) is 10.6 Å². The van der Waals surface area contributed by atoms with E-state index in [9.17, 15) is 14.4 Å². The lowest BCUT2D eigenvalue weighted by molar-refractivity contribution is -0.123. The smallest absolute Gasteiger partial charge is 0.341 e. The van der Waals surface area contributed by atoms with Crippen LogP contribution in [0, 0.1) is 5.92 Å². The van der Waals surface area contributed by atoms with Crippen molar-refractivity contribution in [3.05, 3.63) is 68.4 Å². The number of nitrogens with one attached hydrogen (secondary N) is 1. The Morgan fingerprint density at radius 3 is 2.69 bits per heavy atom. The molecule has 1 aromatic carbocycles. The molecule has 5 rings (SSSR count). The Balaban J connectivity index is 1.39. The van der Waals surface area contributed by atoms with E-state index >= 15 is 0 Å². The fourth-order valence-corrected chi connectivity index (χ4v) is 7.08. The van der Waals surface area contributed by atoms with Crippen molar-refractivity contribution in [3.63, 3.8) is 0 Å². The van der Waals surface area contributed by atoms with Gasteiger partial charge in [-0.1, -0.05) is 36.7 Å². The normalized spacial score (nSPS) is 15.4. The predicted octanol–water partition coefficient (Wildman–Crippen LogP) is 7.16. The van der Waals surface area contributed by atoms with Gasteiger partial charge in [0.1, 0.15) is 5.00 Å². The third-order valence-electron chi connectivity index (χ3n) is 6.64. The van der Waals surface area contributed by atoms with Crippen LogP contribution in [0.5, 0.6) is 0 Å². The molecule has 4 aromatic rings. The molecule has 3 heterocycles. The molecule has 39 heavy (non-hydrogen) atoms. The first-order chi connectivity index (χ1) is 18.7. The maximum absolute atomic E-state index is 13.3. The highest BCUT2D eigenvalue weighted by molar-refractivity contribution is 7.19. The second-order valence-electron chi connectivity index (χ2n) is 9.49. The number of amides is 1. The lowest BCUT2D eigenvalue weighted by atomic mass is 9.88. The molecule has 0 aliphatic heterocycles. The fraction of sp³-hybridized carbons (Fsp3) is 0.310. The molecule has 0 bridgehead atoms. The average Bonchev–Trinajstić information content (AvgIpc) is 3.50. The molecule has 202 valence electrons. The van der Waals surface area contributed by atoms with Gasteiger partial charge in [0.15, 0.2) is 6.10 Å². The molecule has 1 aliphatic carbocycles. The topological polar surface area (TPSA) is 94.6 Å². The zero-order valence-corrected chi connectivity index (χ0v) is 24.1. The highest BCUT2D eigenvalue weighted by Crippen LogP contribution is 2.40. The highest BCUT2D eigenvalue weighted by atomic mass is 35.5. The molecular formula is C29H27ClN2O5S2. The van der Waals surface area contributed by atoms with Crippen LogP contribution in [-0.2, 0) is 27.1 Å². The third kappa shape index (κ3) is 5.71. The summed E-state index contributed by atoms with van der Waals surface area (Å²) in [6.45, 7) is 5.67. The molecule has 0 spiro atoms. The standard InChI is InChI=1S/C29H27ClN2O5S2/c1-4-36-29(35)25-18-10-9-15(2)13-23(18)39-27(25)32-26(33)16(3)37-28(34)19-14-21(22-11-12-24(30)38-22)31-20-8-6-5-7-17(19)20/h5-8,11-12,14-16H,4,9-10,13H2,1-3H3,(H,32,33)/t15-,16-/m1/s1. The van der Waals surface area contributed by atoms with E-state index < -0.39 is 23.9 Å². The number of thiophene rings is 2. The van der Waals surface area contributed by atoms with Crippen LogP contribution in [0.4, 0.5) is 5.00 Å². The van der Waals surface area contributed by atoms with Crippen molar-refractivity contribution in [2.75, 3.05) is 11.9 Å². The minimum absolute atomic E-state index is 0.237. The Morgan fingerprint density at radius 2 is 1.95 bits per heavy atom. The van der Waals surface area contributed by atoms with Gasteiger partial charge in [0, 0.05) is 10.3 Å². The van der Waals surface area contributed by atoms with Crippen molar-refractivity contribution in [2.24, 2.45) is 5.92 Å². The van der Waals surface area contributed by atoms with Gasteiger partial charge in [0.05, 0.1) is 38.2 Å². The number of ether oxygens (including phenoxy) is 2. The number of pyridine rings is 1. The summed E-state index contributed by atoms with van der Waals surface area (Å²) in [4.78, 5) is 45.9. The van der Waals surface area contributed by atoms with Crippen LogP contribution in [0.3, 0.4) is 0 Å². The highest BCUT2D eigenvalue weighted by Gasteiger charge is 2.30. The van der Waals surface area contributed by atoms with Crippen LogP contribution in [0.25, 0.3) is 21.5 Å². The number of esters is 2. The first-order valence-corrected chi connectivity index (χ1v) is 14.7. The Morgan fingerprint density at radius 1 is 1.15 bits per heavy atom. The number of halogens is 1. The molecule has 7 nitrogen and oxygen atoms in total. The summed E-state index contributed by atoms with van der Waals surface area (Å²) in [6, 6.07) is 12.5. The summed E-state index contributed by atoms with van der Waals surface area (Å²) >= 11 is 8.87. The largest absolute Gasteiger partial charge is 0.462 e. The van der Waals surface area contributed by atoms with Gasteiger partial charge in [-0.3, -0.25) is 4.79 Å². The third-order valence-corrected chi connectivity index (χ3v) is 9.07. The molecule has 0 unspecified atom stereocenters. The molecule has 3 aromatic heterocycles. The zero-order valence-electron chi connectivity index (χ0n) is 21.7. The van der Waals surface area contributed by atoms with Crippen LogP contribution in [0.15, 0.2) is 42.5 Å². The molecule has 0 saturated carbocycles. The van der Waals surface area contributed by atoms with Crippen molar-refractivity contribution < 1.29 is 23.9 Å². The minimum atomic E-state index is -1.11. The Kier molecular flexibility index (Phi) is 8.02. The van der Waals surface area contributed by atoms with E-state index in [-0.39, 0.29) is 6.61 Å². The molecule has 0 radical (unpaired) electrons. The summed E-state index contributed by atoms with van der Waals surface area (Å²) in [6.07, 6.45) is 1.46. The number of hydrogen-bond donors (Lipinski definition) is 1. The van der Waals surface area contributed by atoms with E-state index in [2.05, 4.69) is 17.2 Å². The molecule has 1 aliphatic rings. The maximum Gasteiger partial charge on any atom is 0.341 e. The van der Waals surface area contributed by atoms with Gasteiger partial charge in [-0.05, 0) is 68.9 Å². The molecule has 0 fully saturated rings.